The monoisotopic (exact) mass is 455 g/mol. The molecule has 0 saturated heterocycles. The average molecular weight is 456 g/mol. The summed E-state index contributed by atoms with van der Waals surface area (Å²) < 4.78 is 27.2. The molecule has 0 heterocycles. The molecule has 6 N–H and O–H groups in total. The molecule has 0 fully saturated rings. The van der Waals surface area contributed by atoms with E-state index >= 15 is 0 Å². The number of rotatable bonds is 10. The molecule has 0 aromatic heterocycles. The third-order valence-electron chi connectivity index (χ3n) is 3.56. The Bertz CT molecular complexity index is 964. The van der Waals surface area contributed by atoms with Crippen molar-refractivity contribution < 1.29 is 18.0 Å². The van der Waals surface area contributed by atoms with E-state index in [2.05, 4.69) is 15.2 Å². The van der Waals surface area contributed by atoms with E-state index in [1.807, 2.05) is 6.07 Å². The van der Waals surface area contributed by atoms with E-state index < -0.39 is 10.0 Å². The Balaban J connectivity index is 0.00000450. The number of nitrogens with zero attached hydrogens (tertiary/aromatic N) is 1. The Morgan fingerprint density at radius 3 is 2.50 bits per heavy atom. The lowest BCUT2D eigenvalue weighted by molar-refractivity contribution is -0.120. The maximum absolute atomic E-state index is 12.4. The van der Waals surface area contributed by atoms with Gasteiger partial charge in [-0.15, -0.1) is 0 Å². The van der Waals surface area contributed by atoms with Crippen LogP contribution in [0.3, 0.4) is 0 Å². The number of hydrogen-bond acceptors (Lipinski definition) is 5. The van der Waals surface area contributed by atoms with Crippen LogP contribution < -0.4 is 21.5 Å². The maximum atomic E-state index is 12.4. The molecule has 2 rings (SSSR count). The van der Waals surface area contributed by atoms with Crippen molar-refractivity contribution in [2.24, 2.45) is 16.6 Å². The van der Waals surface area contributed by atoms with Gasteiger partial charge in [-0.1, -0.05) is 49.4 Å². The predicted octanol–water partition coefficient (Wildman–Crippen LogP) is 1.78. The summed E-state index contributed by atoms with van der Waals surface area (Å²) in [6.45, 7) is 0.285. The fraction of sp³-hybridized carbons (Fsp3) is 0.263. The minimum Gasteiger partial charge on any atom is -0.391 e. The zero-order valence-corrected chi connectivity index (χ0v) is 17.0. The van der Waals surface area contributed by atoms with Gasteiger partial charge in [0.2, 0.25) is 21.9 Å². The fourth-order valence-electron chi connectivity index (χ4n) is 2.37. The summed E-state index contributed by atoms with van der Waals surface area (Å²) in [7, 11) is -3.62. The minimum atomic E-state index is -3.62. The molecular formula is C19H26ClN5O4S. The number of guanidine groups is 1. The standard InChI is InChI=1S/C18H22ClN5O4S.CH4/c19-16-7-6-15(24-29(26,27)12-13-4-2-1-3-5-13)10-14(16)11-17(25)22-8-9-28-23-18(20)21;/h1-7,10,24H,8-9,11-12H2,(H,22,25)(H4,20,21,23);1H4. The zero-order chi connectivity index (χ0) is 21.3. The molecule has 2 aromatic rings. The smallest absolute Gasteiger partial charge is 0.236 e. The Morgan fingerprint density at radius 1 is 1.13 bits per heavy atom. The molecule has 9 nitrogen and oxygen atoms in total. The van der Waals surface area contributed by atoms with Crippen molar-refractivity contribution >= 4 is 39.2 Å². The Hall–Kier alpha value is -2.98. The summed E-state index contributed by atoms with van der Waals surface area (Å²) in [5.41, 5.74) is 11.7. The van der Waals surface area contributed by atoms with Crippen molar-refractivity contribution in [1.82, 2.24) is 5.32 Å². The number of amides is 1. The third kappa shape index (κ3) is 9.01. The van der Waals surface area contributed by atoms with E-state index in [-0.39, 0.29) is 44.6 Å². The van der Waals surface area contributed by atoms with Crippen LogP contribution in [-0.2, 0) is 31.8 Å². The van der Waals surface area contributed by atoms with Gasteiger partial charge in [0.05, 0.1) is 18.7 Å². The highest BCUT2D eigenvalue weighted by Crippen LogP contribution is 2.22. The van der Waals surface area contributed by atoms with Crippen molar-refractivity contribution in [3.8, 4) is 0 Å². The van der Waals surface area contributed by atoms with Gasteiger partial charge in [0, 0.05) is 10.7 Å². The van der Waals surface area contributed by atoms with Crippen molar-refractivity contribution in [2.75, 3.05) is 17.9 Å². The first kappa shape index (κ1) is 25.1. The van der Waals surface area contributed by atoms with E-state index in [9.17, 15) is 13.2 Å². The summed E-state index contributed by atoms with van der Waals surface area (Å²) >= 11 is 6.13. The van der Waals surface area contributed by atoms with Crippen LogP contribution in [0.15, 0.2) is 53.7 Å². The third-order valence-corrected chi connectivity index (χ3v) is 5.18. The minimum absolute atomic E-state index is 0. The zero-order valence-electron chi connectivity index (χ0n) is 15.5. The van der Waals surface area contributed by atoms with Gasteiger partial charge in [-0.25, -0.2) is 8.42 Å². The van der Waals surface area contributed by atoms with E-state index in [0.717, 1.165) is 0 Å². The molecule has 11 heteroatoms. The quantitative estimate of drug-likeness (QED) is 0.186. The topological polar surface area (TPSA) is 149 Å². The first-order chi connectivity index (χ1) is 13.7. The summed E-state index contributed by atoms with van der Waals surface area (Å²) in [5, 5.41) is 6.30. The second kappa shape index (κ2) is 11.9. The van der Waals surface area contributed by atoms with Gasteiger partial charge >= 0.3 is 0 Å². The maximum Gasteiger partial charge on any atom is 0.236 e. The number of hydrogen-bond donors (Lipinski definition) is 4. The molecule has 0 aliphatic carbocycles. The van der Waals surface area contributed by atoms with Crippen LogP contribution in [0.4, 0.5) is 5.69 Å². The summed E-state index contributed by atoms with van der Waals surface area (Å²) in [6, 6.07) is 13.4. The number of carbonyl (C=O) groups is 1. The number of carbonyl (C=O) groups excluding carboxylic acids is 1. The molecule has 0 radical (unpaired) electrons. The van der Waals surface area contributed by atoms with Crippen LogP contribution in [-0.4, -0.2) is 33.4 Å². The van der Waals surface area contributed by atoms with E-state index in [1.165, 1.54) is 18.2 Å². The van der Waals surface area contributed by atoms with Crippen molar-refractivity contribution in [3.63, 3.8) is 0 Å². The Morgan fingerprint density at radius 2 is 1.83 bits per heavy atom. The number of halogens is 1. The summed E-state index contributed by atoms with van der Waals surface area (Å²) in [5.74, 6) is -0.693. The number of benzene rings is 2. The van der Waals surface area contributed by atoms with E-state index in [0.29, 0.717) is 21.8 Å². The van der Waals surface area contributed by atoms with E-state index in [1.54, 1.807) is 24.3 Å². The fourth-order valence-corrected chi connectivity index (χ4v) is 3.75. The van der Waals surface area contributed by atoms with Crippen LogP contribution >= 0.6 is 11.6 Å². The molecule has 0 aliphatic rings. The van der Waals surface area contributed by atoms with Gasteiger partial charge in [0.25, 0.3) is 0 Å². The Labute approximate surface area is 181 Å². The van der Waals surface area contributed by atoms with Gasteiger partial charge in [-0.3, -0.25) is 9.52 Å². The molecule has 0 spiro atoms. The van der Waals surface area contributed by atoms with Gasteiger partial charge in [-0.2, -0.15) is 0 Å². The Kier molecular flexibility index (Phi) is 9.93. The molecule has 0 atom stereocenters. The van der Waals surface area contributed by atoms with Crippen LogP contribution in [0, 0.1) is 0 Å². The van der Waals surface area contributed by atoms with E-state index in [4.69, 9.17) is 27.9 Å². The second-order valence-electron chi connectivity index (χ2n) is 6.03. The van der Waals surface area contributed by atoms with Crippen molar-refractivity contribution in [3.05, 3.63) is 64.7 Å². The summed E-state index contributed by atoms with van der Waals surface area (Å²) in [4.78, 5) is 16.8. The second-order valence-corrected chi connectivity index (χ2v) is 8.16. The number of nitrogens with two attached hydrogens (primary N) is 2. The molecular weight excluding hydrogens is 430 g/mol. The van der Waals surface area contributed by atoms with Crippen LogP contribution in [0.25, 0.3) is 0 Å². The van der Waals surface area contributed by atoms with Crippen LogP contribution in [0.1, 0.15) is 18.6 Å². The SMILES string of the molecule is C.NC(N)=NOCCNC(=O)Cc1cc(NS(=O)(=O)Cc2ccccc2)ccc1Cl. The lowest BCUT2D eigenvalue weighted by Gasteiger charge is -2.11. The lowest BCUT2D eigenvalue weighted by Crippen LogP contribution is -2.29. The lowest BCUT2D eigenvalue weighted by atomic mass is 10.1. The van der Waals surface area contributed by atoms with Gasteiger partial charge < -0.3 is 21.6 Å². The normalized spacial score (nSPS) is 10.4. The highest BCUT2D eigenvalue weighted by molar-refractivity contribution is 7.91. The number of nitrogens with one attached hydrogen (secondary N) is 2. The van der Waals surface area contributed by atoms with Crippen molar-refractivity contribution in [2.45, 2.75) is 19.6 Å². The summed E-state index contributed by atoms with van der Waals surface area (Å²) in [6.07, 6.45) is -0.0324. The van der Waals surface area contributed by atoms with Crippen LogP contribution in [0.5, 0.6) is 0 Å². The number of anilines is 1. The molecule has 0 bridgehead atoms. The molecule has 1 amide bonds. The molecule has 0 unspecified atom stereocenters. The molecule has 0 aliphatic heterocycles. The molecule has 2 aromatic carbocycles. The molecule has 164 valence electrons. The van der Waals surface area contributed by atoms with Crippen molar-refractivity contribution in [1.29, 1.82) is 0 Å². The highest BCUT2D eigenvalue weighted by atomic mass is 35.5. The highest BCUT2D eigenvalue weighted by Gasteiger charge is 2.14. The first-order valence-electron chi connectivity index (χ1n) is 8.55. The predicted molar refractivity (Wildman–Crippen MR) is 119 cm³/mol. The number of sulfonamides is 1. The molecule has 30 heavy (non-hydrogen) atoms. The average Bonchev–Trinajstić information content (AvgIpc) is 2.64. The number of oxime groups is 1. The van der Waals surface area contributed by atoms with Gasteiger partial charge in [0.1, 0.15) is 6.61 Å². The van der Waals surface area contributed by atoms with Crippen LogP contribution in [0.2, 0.25) is 5.02 Å². The first-order valence-corrected chi connectivity index (χ1v) is 10.6. The largest absolute Gasteiger partial charge is 0.391 e. The molecule has 0 saturated carbocycles. The van der Waals surface area contributed by atoms with Gasteiger partial charge in [0.15, 0.2) is 0 Å². The van der Waals surface area contributed by atoms with Gasteiger partial charge in [-0.05, 0) is 34.5 Å².